The average molecular weight is 419 g/mol. The highest BCUT2D eigenvalue weighted by Gasteiger charge is 2.28. The summed E-state index contributed by atoms with van der Waals surface area (Å²) >= 11 is 0. The third kappa shape index (κ3) is 5.79. The number of hydrogen-bond donors (Lipinski definition) is 0. The zero-order valence-corrected chi connectivity index (χ0v) is 17.3. The lowest BCUT2D eigenvalue weighted by molar-refractivity contribution is -0.145. The van der Waals surface area contributed by atoms with Gasteiger partial charge in [0.25, 0.3) is 0 Å². The molecule has 0 aromatic heterocycles. The van der Waals surface area contributed by atoms with Gasteiger partial charge in [0.05, 0.1) is 11.5 Å². The molecular formula is C21H26N2O5S. The minimum Gasteiger partial charge on any atom is -0.482 e. The molecule has 3 rings (SSSR count). The van der Waals surface area contributed by atoms with E-state index in [1.54, 1.807) is 19.1 Å². The second kappa shape index (κ2) is 9.87. The zero-order chi connectivity index (χ0) is 20.7. The minimum absolute atomic E-state index is 0.205. The summed E-state index contributed by atoms with van der Waals surface area (Å²) < 4.78 is 37.4. The second-order valence-corrected chi connectivity index (χ2v) is 8.67. The number of ether oxygens (including phenoxy) is 2. The molecule has 2 aromatic carbocycles. The monoisotopic (exact) mass is 418 g/mol. The summed E-state index contributed by atoms with van der Waals surface area (Å²) in [5.74, 6) is -0.0396. The highest BCUT2D eigenvalue weighted by molar-refractivity contribution is 7.89. The predicted octanol–water partition coefficient (Wildman–Crippen LogP) is 2.13. The Bertz CT molecular complexity index is 892. The van der Waals surface area contributed by atoms with Gasteiger partial charge in [-0.3, -0.25) is 4.90 Å². The lowest BCUT2D eigenvalue weighted by Crippen LogP contribution is -2.48. The van der Waals surface area contributed by atoms with E-state index in [-0.39, 0.29) is 18.1 Å². The van der Waals surface area contributed by atoms with Crippen LogP contribution in [0.25, 0.3) is 0 Å². The number of rotatable bonds is 8. The molecule has 0 N–H and O–H groups in total. The number of hydrogen-bond acceptors (Lipinski definition) is 6. The number of sulfonamides is 1. The SMILES string of the molecule is CCOC(=O)COc1ccc(S(=O)(=O)N2CCN(Cc3ccccc3)CC2)cc1. The van der Waals surface area contributed by atoms with Gasteiger partial charge in [0.15, 0.2) is 6.61 Å². The molecular weight excluding hydrogens is 392 g/mol. The smallest absolute Gasteiger partial charge is 0.344 e. The van der Waals surface area contributed by atoms with Crippen LogP contribution in [-0.2, 0) is 26.1 Å². The summed E-state index contributed by atoms with van der Waals surface area (Å²) in [6, 6.07) is 16.3. The molecule has 0 saturated carbocycles. The van der Waals surface area contributed by atoms with E-state index in [4.69, 9.17) is 9.47 Å². The number of carbonyl (C=O) groups excluding carboxylic acids is 1. The van der Waals surface area contributed by atoms with Crippen molar-refractivity contribution in [2.24, 2.45) is 0 Å². The fraction of sp³-hybridized carbons (Fsp3) is 0.381. The number of piperazine rings is 1. The molecule has 0 amide bonds. The van der Waals surface area contributed by atoms with Crippen LogP contribution in [-0.4, -0.2) is 63.0 Å². The molecule has 2 aromatic rings. The van der Waals surface area contributed by atoms with Crippen molar-refractivity contribution in [3.63, 3.8) is 0 Å². The molecule has 1 aliphatic rings. The van der Waals surface area contributed by atoms with Crippen LogP contribution in [0.4, 0.5) is 0 Å². The summed E-state index contributed by atoms with van der Waals surface area (Å²) in [7, 11) is -3.56. The van der Waals surface area contributed by atoms with E-state index in [0.717, 1.165) is 6.54 Å². The van der Waals surface area contributed by atoms with Crippen molar-refractivity contribution in [2.45, 2.75) is 18.4 Å². The number of carbonyl (C=O) groups is 1. The van der Waals surface area contributed by atoms with Crippen molar-refractivity contribution in [2.75, 3.05) is 39.4 Å². The Morgan fingerprint density at radius 3 is 2.24 bits per heavy atom. The first-order valence-electron chi connectivity index (χ1n) is 9.64. The first kappa shape index (κ1) is 21.3. The van der Waals surface area contributed by atoms with Gasteiger partial charge in [-0.15, -0.1) is 0 Å². The Kier molecular flexibility index (Phi) is 7.24. The normalized spacial score (nSPS) is 15.8. The topological polar surface area (TPSA) is 76.1 Å². The third-order valence-corrected chi connectivity index (χ3v) is 6.62. The van der Waals surface area contributed by atoms with Gasteiger partial charge in [-0.25, -0.2) is 13.2 Å². The van der Waals surface area contributed by atoms with Crippen LogP contribution < -0.4 is 4.74 Å². The Balaban J connectivity index is 1.55. The average Bonchev–Trinajstić information content (AvgIpc) is 2.74. The van der Waals surface area contributed by atoms with Gasteiger partial charge >= 0.3 is 5.97 Å². The summed E-state index contributed by atoms with van der Waals surface area (Å²) in [5.41, 5.74) is 1.22. The summed E-state index contributed by atoms with van der Waals surface area (Å²) in [5, 5.41) is 0. The maximum Gasteiger partial charge on any atom is 0.344 e. The molecule has 0 spiro atoms. The van der Waals surface area contributed by atoms with Crippen LogP contribution in [0.5, 0.6) is 5.75 Å². The molecule has 1 heterocycles. The van der Waals surface area contributed by atoms with Crippen LogP contribution in [0.1, 0.15) is 12.5 Å². The Morgan fingerprint density at radius 2 is 1.62 bits per heavy atom. The predicted molar refractivity (Wildman–Crippen MR) is 109 cm³/mol. The molecule has 1 saturated heterocycles. The fourth-order valence-electron chi connectivity index (χ4n) is 3.17. The van der Waals surface area contributed by atoms with Crippen molar-refractivity contribution in [1.82, 2.24) is 9.21 Å². The standard InChI is InChI=1S/C21H26N2O5S/c1-2-27-21(24)17-28-19-8-10-20(11-9-19)29(25,26)23-14-12-22(13-15-23)16-18-6-4-3-5-7-18/h3-11H,2,12-17H2,1H3. The maximum absolute atomic E-state index is 12.9. The minimum atomic E-state index is -3.56. The van der Waals surface area contributed by atoms with Crippen LogP contribution in [0.2, 0.25) is 0 Å². The van der Waals surface area contributed by atoms with E-state index in [1.165, 1.54) is 22.0 Å². The van der Waals surface area contributed by atoms with Crippen molar-refractivity contribution >= 4 is 16.0 Å². The van der Waals surface area contributed by atoms with Gasteiger partial charge in [-0.1, -0.05) is 30.3 Å². The third-order valence-electron chi connectivity index (χ3n) is 4.70. The quantitative estimate of drug-likeness (QED) is 0.612. The Labute approximate surface area is 171 Å². The van der Waals surface area contributed by atoms with E-state index >= 15 is 0 Å². The van der Waals surface area contributed by atoms with Crippen LogP contribution >= 0.6 is 0 Å². The summed E-state index contributed by atoms with van der Waals surface area (Å²) in [6.45, 7) is 4.91. The van der Waals surface area contributed by atoms with E-state index in [2.05, 4.69) is 17.0 Å². The summed E-state index contributed by atoms with van der Waals surface area (Å²) in [6.07, 6.45) is 0. The largest absolute Gasteiger partial charge is 0.482 e. The molecule has 7 nitrogen and oxygen atoms in total. The van der Waals surface area contributed by atoms with Crippen molar-refractivity contribution in [3.8, 4) is 5.75 Å². The van der Waals surface area contributed by atoms with E-state index < -0.39 is 16.0 Å². The highest BCUT2D eigenvalue weighted by Crippen LogP contribution is 2.21. The molecule has 0 aliphatic carbocycles. The van der Waals surface area contributed by atoms with Crippen LogP contribution in [0.15, 0.2) is 59.5 Å². The molecule has 1 aliphatic heterocycles. The van der Waals surface area contributed by atoms with Crippen molar-refractivity contribution in [1.29, 1.82) is 0 Å². The van der Waals surface area contributed by atoms with E-state index in [1.807, 2.05) is 18.2 Å². The number of esters is 1. The fourth-order valence-corrected chi connectivity index (χ4v) is 4.59. The van der Waals surface area contributed by atoms with E-state index in [0.29, 0.717) is 31.9 Å². The molecule has 0 radical (unpaired) electrons. The first-order valence-corrected chi connectivity index (χ1v) is 11.1. The lowest BCUT2D eigenvalue weighted by Gasteiger charge is -2.34. The molecule has 8 heteroatoms. The van der Waals surface area contributed by atoms with E-state index in [9.17, 15) is 13.2 Å². The van der Waals surface area contributed by atoms with Crippen molar-refractivity contribution < 1.29 is 22.7 Å². The van der Waals surface area contributed by atoms with Crippen molar-refractivity contribution in [3.05, 3.63) is 60.2 Å². The van der Waals surface area contributed by atoms with Gasteiger partial charge in [0, 0.05) is 32.7 Å². The van der Waals surface area contributed by atoms with Gasteiger partial charge in [0.2, 0.25) is 10.0 Å². The number of benzene rings is 2. The first-order chi connectivity index (χ1) is 14.0. The van der Waals surface area contributed by atoms with Crippen LogP contribution in [0.3, 0.4) is 0 Å². The second-order valence-electron chi connectivity index (χ2n) is 6.73. The highest BCUT2D eigenvalue weighted by atomic mass is 32.2. The van der Waals surface area contributed by atoms with Gasteiger partial charge in [0.1, 0.15) is 5.75 Å². The van der Waals surface area contributed by atoms with Gasteiger partial charge in [-0.05, 0) is 36.8 Å². The van der Waals surface area contributed by atoms with Gasteiger partial charge < -0.3 is 9.47 Å². The number of nitrogens with zero attached hydrogens (tertiary/aromatic N) is 2. The summed E-state index contributed by atoms with van der Waals surface area (Å²) in [4.78, 5) is 13.8. The Morgan fingerprint density at radius 1 is 0.966 bits per heavy atom. The molecule has 0 bridgehead atoms. The molecule has 156 valence electrons. The molecule has 0 atom stereocenters. The van der Waals surface area contributed by atoms with Crippen LogP contribution in [0, 0.1) is 0 Å². The molecule has 1 fully saturated rings. The lowest BCUT2D eigenvalue weighted by atomic mass is 10.2. The molecule has 29 heavy (non-hydrogen) atoms. The Hall–Kier alpha value is -2.42. The zero-order valence-electron chi connectivity index (χ0n) is 16.5. The molecule has 0 unspecified atom stereocenters. The maximum atomic E-state index is 12.9. The van der Waals surface area contributed by atoms with Gasteiger partial charge in [-0.2, -0.15) is 4.31 Å².